The van der Waals surface area contributed by atoms with Crippen molar-refractivity contribution in [3.05, 3.63) is 107 Å². The van der Waals surface area contributed by atoms with Gasteiger partial charge in [-0.3, -0.25) is 4.79 Å². The van der Waals surface area contributed by atoms with Crippen LogP contribution in [-0.4, -0.2) is 5.91 Å². The van der Waals surface area contributed by atoms with E-state index in [9.17, 15) is 18.0 Å². The van der Waals surface area contributed by atoms with E-state index >= 15 is 0 Å². The standard InChI is InChI=1S/C22H18F3NO/c23-22(24,25)19-13-7-8-16(14-19)15-26-21(27)20(17-9-3-1-4-10-17)18-11-5-2-6-12-18/h1-14,20H,15H2,(H,26,27). The van der Waals surface area contributed by atoms with Crippen molar-refractivity contribution >= 4 is 5.91 Å². The molecule has 0 spiro atoms. The Labute approximate surface area is 155 Å². The molecule has 5 heteroatoms. The summed E-state index contributed by atoms with van der Waals surface area (Å²) in [6, 6.07) is 23.6. The SMILES string of the molecule is O=C(NCc1cccc(C(F)(F)F)c1)C(c1ccccc1)c1ccccc1. The molecule has 0 saturated heterocycles. The van der Waals surface area contributed by atoms with Crippen LogP contribution in [0.15, 0.2) is 84.9 Å². The van der Waals surface area contributed by atoms with Crippen LogP contribution in [0.3, 0.4) is 0 Å². The zero-order valence-electron chi connectivity index (χ0n) is 14.4. The molecule has 3 aromatic rings. The third kappa shape index (κ3) is 4.76. The van der Waals surface area contributed by atoms with Crippen LogP contribution in [0.2, 0.25) is 0 Å². The Hall–Kier alpha value is -3.08. The normalized spacial score (nSPS) is 11.4. The van der Waals surface area contributed by atoms with Crippen LogP contribution < -0.4 is 5.32 Å². The fraction of sp³-hybridized carbons (Fsp3) is 0.136. The first-order chi connectivity index (χ1) is 12.9. The van der Waals surface area contributed by atoms with Crippen molar-refractivity contribution in [2.24, 2.45) is 0 Å². The molecule has 0 unspecified atom stereocenters. The first-order valence-electron chi connectivity index (χ1n) is 8.49. The lowest BCUT2D eigenvalue weighted by Crippen LogP contribution is -2.29. The molecule has 0 aliphatic carbocycles. The molecular weight excluding hydrogens is 351 g/mol. The predicted molar refractivity (Wildman–Crippen MR) is 98.0 cm³/mol. The number of carbonyl (C=O) groups excluding carboxylic acids is 1. The molecule has 0 aliphatic heterocycles. The Kier molecular flexibility index (Phi) is 5.60. The molecule has 3 rings (SSSR count). The Morgan fingerprint density at radius 2 is 1.37 bits per heavy atom. The second-order valence-corrected chi connectivity index (χ2v) is 6.17. The van der Waals surface area contributed by atoms with E-state index in [0.29, 0.717) is 5.56 Å². The molecule has 0 atom stereocenters. The minimum Gasteiger partial charge on any atom is -0.351 e. The fourth-order valence-corrected chi connectivity index (χ4v) is 2.94. The van der Waals surface area contributed by atoms with E-state index in [1.807, 2.05) is 60.7 Å². The smallest absolute Gasteiger partial charge is 0.351 e. The highest BCUT2D eigenvalue weighted by atomic mass is 19.4. The number of hydrogen-bond acceptors (Lipinski definition) is 1. The lowest BCUT2D eigenvalue weighted by molar-refractivity contribution is -0.137. The zero-order chi connectivity index (χ0) is 19.3. The van der Waals surface area contributed by atoms with Crippen molar-refractivity contribution in [2.45, 2.75) is 18.6 Å². The van der Waals surface area contributed by atoms with Gasteiger partial charge >= 0.3 is 6.18 Å². The van der Waals surface area contributed by atoms with Crippen molar-refractivity contribution < 1.29 is 18.0 Å². The lowest BCUT2D eigenvalue weighted by atomic mass is 9.90. The minimum absolute atomic E-state index is 0.0267. The van der Waals surface area contributed by atoms with Crippen LogP contribution in [0.1, 0.15) is 28.2 Å². The molecule has 27 heavy (non-hydrogen) atoms. The summed E-state index contributed by atoms with van der Waals surface area (Å²) in [5, 5.41) is 2.77. The average molecular weight is 369 g/mol. The molecule has 3 aromatic carbocycles. The molecule has 0 fully saturated rings. The minimum atomic E-state index is -4.41. The van der Waals surface area contributed by atoms with E-state index in [4.69, 9.17) is 0 Å². The number of rotatable bonds is 5. The molecule has 0 heterocycles. The van der Waals surface area contributed by atoms with Crippen molar-refractivity contribution in [1.29, 1.82) is 0 Å². The van der Waals surface area contributed by atoms with Gasteiger partial charge in [-0.25, -0.2) is 0 Å². The van der Waals surface area contributed by atoms with Crippen LogP contribution in [0, 0.1) is 0 Å². The van der Waals surface area contributed by atoms with Gasteiger partial charge in [0, 0.05) is 6.54 Å². The van der Waals surface area contributed by atoms with Crippen molar-refractivity contribution in [3.8, 4) is 0 Å². The van der Waals surface area contributed by atoms with Crippen molar-refractivity contribution in [2.75, 3.05) is 0 Å². The quantitative estimate of drug-likeness (QED) is 0.662. The van der Waals surface area contributed by atoms with E-state index in [2.05, 4.69) is 5.32 Å². The monoisotopic (exact) mass is 369 g/mol. The van der Waals surface area contributed by atoms with Crippen LogP contribution in [-0.2, 0) is 17.5 Å². The van der Waals surface area contributed by atoms with Gasteiger partial charge in [0.25, 0.3) is 0 Å². The predicted octanol–water partition coefficient (Wildman–Crippen LogP) is 5.15. The lowest BCUT2D eigenvalue weighted by Gasteiger charge is -2.18. The Bertz CT molecular complexity index is 853. The molecule has 0 radical (unpaired) electrons. The third-order valence-electron chi connectivity index (χ3n) is 4.25. The summed E-state index contributed by atoms with van der Waals surface area (Å²) < 4.78 is 38.6. The zero-order valence-corrected chi connectivity index (χ0v) is 14.4. The molecule has 2 nitrogen and oxygen atoms in total. The van der Waals surface area contributed by atoms with E-state index < -0.39 is 17.7 Å². The van der Waals surface area contributed by atoms with Gasteiger partial charge in [0.05, 0.1) is 11.5 Å². The number of hydrogen-bond donors (Lipinski definition) is 1. The van der Waals surface area contributed by atoms with Crippen LogP contribution in [0.4, 0.5) is 13.2 Å². The summed E-state index contributed by atoms with van der Waals surface area (Å²) in [7, 11) is 0. The summed E-state index contributed by atoms with van der Waals surface area (Å²) in [5.41, 5.74) is 1.32. The van der Waals surface area contributed by atoms with Gasteiger partial charge in [0.2, 0.25) is 5.91 Å². The van der Waals surface area contributed by atoms with Crippen LogP contribution in [0.25, 0.3) is 0 Å². The van der Waals surface area contributed by atoms with Gasteiger partial charge in [-0.15, -0.1) is 0 Å². The maximum atomic E-state index is 12.9. The summed E-state index contributed by atoms with van der Waals surface area (Å²) in [4.78, 5) is 12.9. The summed E-state index contributed by atoms with van der Waals surface area (Å²) in [5.74, 6) is -0.789. The number of nitrogens with one attached hydrogen (secondary N) is 1. The number of amides is 1. The van der Waals surface area contributed by atoms with E-state index in [-0.39, 0.29) is 12.5 Å². The van der Waals surface area contributed by atoms with Gasteiger partial charge in [0.1, 0.15) is 0 Å². The fourth-order valence-electron chi connectivity index (χ4n) is 2.94. The van der Waals surface area contributed by atoms with Crippen molar-refractivity contribution in [3.63, 3.8) is 0 Å². The summed E-state index contributed by atoms with van der Waals surface area (Å²) in [6.45, 7) is 0.0267. The molecule has 1 amide bonds. The maximum absolute atomic E-state index is 12.9. The number of halogens is 3. The van der Waals surface area contributed by atoms with Gasteiger partial charge < -0.3 is 5.32 Å². The highest BCUT2D eigenvalue weighted by molar-refractivity contribution is 5.87. The summed E-state index contributed by atoms with van der Waals surface area (Å²) in [6.07, 6.45) is -4.41. The molecule has 0 saturated carbocycles. The molecule has 0 aliphatic rings. The van der Waals surface area contributed by atoms with Gasteiger partial charge in [-0.1, -0.05) is 72.8 Å². The number of carbonyl (C=O) groups is 1. The first-order valence-corrected chi connectivity index (χ1v) is 8.49. The number of alkyl halides is 3. The van der Waals surface area contributed by atoms with E-state index in [0.717, 1.165) is 23.3 Å². The molecule has 0 bridgehead atoms. The number of benzene rings is 3. The van der Waals surface area contributed by atoms with Gasteiger partial charge in [0.15, 0.2) is 0 Å². The van der Waals surface area contributed by atoms with E-state index in [1.165, 1.54) is 6.07 Å². The Balaban J connectivity index is 1.80. The second-order valence-electron chi connectivity index (χ2n) is 6.17. The maximum Gasteiger partial charge on any atom is 0.416 e. The summed E-state index contributed by atoms with van der Waals surface area (Å²) >= 11 is 0. The van der Waals surface area contributed by atoms with Gasteiger partial charge in [-0.2, -0.15) is 13.2 Å². The van der Waals surface area contributed by atoms with E-state index in [1.54, 1.807) is 6.07 Å². The Morgan fingerprint density at radius 3 is 1.89 bits per heavy atom. The molecule has 0 aromatic heterocycles. The first kappa shape index (κ1) is 18.7. The third-order valence-corrected chi connectivity index (χ3v) is 4.25. The average Bonchev–Trinajstić information content (AvgIpc) is 2.68. The molecule has 1 N–H and O–H groups in total. The molecular formula is C22H18F3NO. The molecule has 138 valence electrons. The second kappa shape index (κ2) is 8.08. The van der Waals surface area contributed by atoms with Crippen molar-refractivity contribution in [1.82, 2.24) is 5.32 Å². The highest BCUT2D eigenvalue weighted by Crippen LogP contribution is 2.29. The van der Waals surface area contributed by atoms with Gasteiger partial charge in [-0.05, 0) is 28.8 Å². The Morgan fingerprint density at radius 1 is 0.815 bits per heavy atom. The highest BCUT2D eigenvalue weighted by Gasteiger charge is 2.30. The van der Waals surface area contributed by atoms with Crippen LogP contribution >= 0.6 is 0 Å². The van der Waals surface area contributed by atoms with Crippen LogP contribution in [0.5, 0.6) is 0 Å². The largest absolute Gasteiger partial charge is 0.416 e. The topological polar surface area (TPSA) is 29.1 Å².